The van der Waals surface area contributed by atoms with Gasteiger partial charge >= 0.3 is 0 Å². The number of hydrazone groups is 1. The van der Waals surface area contributed by atoms with Crippen LogP contribution in [0.4, 0.5) is 0 Å². The summed E-state index contributed by atoms with van der Waals surface area (Å²) in [6.07, 6.45) is 1.74. The standard InChI is InChI=1S/C23H17ClN2O2/c24-19-10-8-17(9-11-19)22-13-12-20(28-22)15-25-26-23(27)14-18-6-3-5-16-4-1-2-7-21(16)18/h1-13,15H,14H2,(H,26,27). The molecule has 4 aromatic rings. The number of nitrogens with one attached hydrogen (secondary N) is 1. The van der Waals surface area contributed by atoms with Gasteiger partial charge in [0.05, 0.1) is 12.6 Å². The molecule has 0 radical (unpaired) electrons. The maximum Gasteiger partial charge on any atom is 0.244 e. The molecule has 0 aliphatic heterocycles. The van der Waals surface area contributed by atoms with Crippen molar-refractivity contribution in [2.45, 2.75) is 6.42 Å². The van der Waals surface area contributed by atoms with Crippen LogP contribution in [-0.4, -0.2) is 12.1 Å². The van der Waals surface area contributed by atoms with E-state index in [2.05, 4.69) is 10.5 Å². The topological polar surface area (TPSA) is 54.6 Å². The highest BCUT2D eigenvalue weighted by Crippen LogP contribution is 2.23. The van der Waals surface area contributed by atoms with Crippen LogP contribution in [-0.2, 0) is 11.2 Å². The molecule has 4 nitrogen and oxygen atoms in total. The van der Waals surface area contributed by atoms with Gasteiger partial charge in [0.2, 0.25) is 5.91 Å². The van der Waals surface area contributed by atoms with Gasteiger partial charge in [0.15, 0.2) is 0 Å². The normalized spacial score (nSPS) is 11.2. The molecule has 1 amide bonds. The summed E-state index contributed by atoms with van der Waals surface area (Å²) in [6, 6.07) is 25.0. The summed E-state index contributed by atoms with van der Waals surface area (Å²) in [5, 5.41) is 6.86. The molecule has 28 heavy (non-hydrogen) atoms. The van der Waals surface area contributed by atoms with E-state index in [9.17, 15) is 4.79 Å². The molecule has 0 unspecified atom stereocenters. The molecule has 5 heteroatoms. The fourth-order valence-corrected chi connectivity index (χ4v) is 3.14. The van der Waals surface area contributed by atoms with Gasteiger partial charge in [-0.1, -0.05) is 54.1 Å². The summed E-state index contributed by atoms with van der Waals surface area (Å²) in [7, 11) is 0. The predicted octanol–water partition coefficient (Wildman–Crippen LogP) is 5.45. The maximum absolute atomic E-state index is 12.2. The van der Waals surface area contributed by atoms with Crippen LogP contribution in [0.15, 0.2) is 88.4 Å². The van der Waals surface area contributed by atoms with E-state index in [4.69, 9.17) is 16.0 Å². The van der Waals surface area contributed by atoms with Crippen LogP contribution in [0.5, 0.6) is 0 Å². The quantitative estimate of drug-likeness (QED) is 0.365. The second-order valence-electron chi connectivity index (χ2n) is 6.32. The number of hydrogen-bond acceptors (Lipinski definition) is 3. The number of carbonyl (C=O) groups is 1. The summed E-state index contributed by atoms with van der Waals surface area (Å²) >= 11 is 5.90. The second-order valence-corrected chi connectivity index (χ2v) is 6.75. The molecule has 1 N–H and O–H groups in total. The minimum Gasteiger partial charge on any atom is -0.455 e. The van der Waals surface area contributed by atoms with Gasteiger partial charge in [-0.15, -0.1) is 0 Å². The van der Waals surface area contributed by atoms with Gasteiger partial charge < -0.3 is 4.42 Å². The van der Waals surface area contributed by atoms with Crippen LogP contribution in [0.3, 0.4) is 0 Å². The molecule has 1 heterocycles. The molecule has 0 saturated carbocycles. The first-order valence-corrected chi connectivity index (χ1v) is 9.21. The lowest BCUT2D eigenvalue weighted by molar-refractivity contribution is -0.120. The van der Waals surface area contributed by atoms with E-state index in [0.29, 0.717) is 16.5 Å². The highest BCUT2D eigenvalue weighted by molar-refractivity contribution is 6.30. The number of hydrogen-bond donors (Lipinski definition) is 1. The lowest BCUT2D eigenvalue weighted by Gasteiger charge is -2.05. The van der Waals surface area contributed by atoms with Crippen LogP contribution in [0, 0.1) is 0 Å². The fourth-order valence-electron chi connectivity index (χ4n) is 3.02. The smallest absolute Gasteiger partial charge is 0.244 e. The first-order valence-electron chi connectivity index (χ1n) is 8.83. The van der Waals surface area contributed by atoms with Crippen molar-refractivity contribution in [2.24, 2.45) is 5.10 Å². The Balaban J connectivity index is 1.39. The van der Waals surface area contributed by atoms with E-state index in [0.717, 1.165) is 21.9 Å². The Labute approximate surface area is 167 Å². The number of nitrogens with zero attached hydrogens (tertiary/aromatic N) is 1. The third-order valence-electron chi connectivity index (χ3n) is 4.37. The number of fused-ring (bicyclic) bond motifs is 1. The molecule has 0 fully saturated rings. The summed E-state index contributed by atoms with van der Waals surface area (Å²) in [6.45, 7) is 0. The van der Waals surface area contributed by atoms with Gasteiger partial charge in [-0.25, -0.2) is 5.43 Å². The van der Waals surface area contributed by atoms with Gasteiger partial charge in [0.1, 0.15) is 11.5 Å². The molecule has 0 bridgehead atoms. The zero-order valence-corrected chi connectivity index (χ0v) is 15.7. The number of furan rings is 1. The highest BCUT2D eigenvalue weighted by atomic mass is 35.5. The summed E-state index contributed by atoms with van der Waals surface area (Å²) in [5.41, 5.74) is 4.44. The van der Waals surface area contributed by atoms with Crippen molar-refractivity contribution in [3.8, 4) is 11.3 Å². The monoisotopic (exact) mass is 388 g/mol. The minimum absolute atomic E-state index is 0.183. The van der Waals surface area contributed by atoms with E-state index >= 15 is 0 Å². The van der Waals surface area contributed by atoms with Crippen molar-refractivity contribution in [1.82, 2.24) is 5.43 Å². The number of halogens is 1. The minimum atomic E-state index is -0.183. The number of benzene rings is 3. The molecular weight excluding hydrogens is 372 g/mol. The number of rotatable bonds is 5. The van der Waals surface area contributed by atoms with E-state index < -0.39 is 0 Å². The first-order chi connectivity index (χ1) is 13.7. The molecule has 0 aliphatic carbocycles. The molecule has 1 aromatic heterocycles. The summed E-state index contributed by atoms with van der Waals surface area (Å²) in [4.78, 5) is 12.2. The lowest BCUT2D eigenvalue weighted by atomic mass is 10.0. The molecular formula is C23H17ClN2O2. The Kier molecular flexibility index (Phi) is 5.22. The highest BCUT2D eigenvalue weighted by Gasteiger charge is 2.07. The molecule has 0 aliphatic rings. The van der Waals surface area contributed by atoms with E-state index in [1.54, 1.807) is 18.2 Å². The van der Waals surface area contributed by atoms with Crippen molar-refractivity contribution in [2.75, 3.05) is 0 Å². The van der Waals surface area contributed by atoms with Crippen molar-refractivity contribution in [3.05, 3.63) is 95.2 Å². The third kappa shape index (κ3) is 4.13. The van der Waals surface area contributed by atoms with Crippen LogP contribution < -0.4 is 5.43 Å². The average Bonchev–Trinajstić information content (AvgIpc) is 3.18. The molecule has 3 aromatic carbocycles. The van der Waals surface area contributed by atoms with Gasteiger partial charge in [-0.2, -0.15) is 5.10 Å². The summed E-state index contributed by atoms with van der Waals surface area (Å²) in [5.74, 6) is 1.08. The van der Waals surface area contributed by atoms with Crippen LogP contribution >= 0.6 is 11.6 Å². The Morgan fingerprint density at radius 1 is 0.964 bits per heavy atom. The molecule has 0 atom stereocenters. The van der Waals surface area contributed by atoms with Crippen molar-refractivity contribution in [1.29, 1.82) is 0 Å². The van der Waals surface area contributed by atoms with Crippen molar-refractivity contribution >= 4 is 34.5 Å². The van der Waals surface area contributed by atoms with Crippen LogP contribution in [0.25, 0.3) is 22.1 Å². The number of carbonyl (C=O) groups excluding carboxylic acids is 1. The SMILES string of the molecule is O=C(Cc1cccc2ccccc12)NN=Cc1ccc(-c2ccc(Cl)cc2)o1. The second kappa shape index (κ2) is 8.11. The van der Waals surface area contributed by atoms with Gasteiger partial charge in [-0.05, 0) is 52.7 Å². The fraction of sp³-hybridized carbons (Fsp3) is 0.0435. The van der Waals surface area contributed by atoms with Gasteiger partial charge in [-0.3, -0.25) is 4.79 Å². The van der Waals surface area contributed by atoms with Gasteiger partial charge in [0, 0.05) is 10.6 Å². The van der Waals surface area contributed by atoms with Crippen LogP contribution in [0.2, 0.25) is 5.02 Å². The average molecular weight is 389 g/mol. The lowest BCUT2D eigenvalue weighted by Crippen LogP contribution is -2.19. The molecule has 0 spiro atoms. The van der Waals surface area contributed by atoms with E-state index in [1.165, 1.54) is 6.21 Å². The Hall–Kier alpha value is -3.37. The predicted molar refractivity (Wildman–Crippen MR) is 113 cm³/mol. The van der Waals surface area contributed by atoms with E-state index in [-0.39, 0.29) is 12.3 Å². The Morgan fingerprint density at radius 2 is 1.75 bits per heavy atom. The Bertz CT molecular complexity index is 1140. The Morgan fingerprint density at radius 3 is 2.61 bits per heavy atom. The van der Waals surface area contributed by atoms with Crippen LogP contribution in [0.1, 0.15) is 11.3 Å². The molecule has 138 valence electrons. The summed E-state index contributed by atoms with van der Waals surface area (Å²) < 4.78 is 5.72. The number of amides is 1. The zero-order chi connectivity index (χ0) is 19.3. The molecule has 0 saturated heterocycles. The third-order valence-corrected chi connectivity index (χ3v) is 4.62. The molecule has 4 rings (SSSR count). The largest absolute Gasteiger partial charge is 0.455 e. The maximum atomic E-state index is 12.2. The first kappa shape index (κ1) is 18.0. The van der Waals surface area contributed by atoms with Crippen molar-refractivity contribution < 1.29 is 9.21 Å². The van der Waals surface area contributed by atoms with Crippen molar-refractivity contribution in [3.63, 3.8) is 0 Å². The zero-order valence-electron chi connectivity index (χ0n) is 14.9. The van der Waals surface area contributed by atoms with E-state index in [1.807, 2.05) is 60.7 Å². The van der Waals surface area contributed by atoms with Gasteiger partial charge in [0.25, 0.3) is 0 Å².